The smallest absolute Gasteiger partial charge is 0.273 e. The summed E-state index contributed by atoms with van der Waals surface area (Å²) in [6.45, 7) is 6.22. The van der Waals surface area contributed by atoms with Crippen molar-refractivity contribution in [3.05, 3.63) is 84.2 Å². The maximum atomic E-state index is 12.5. The molecule has 3 aromatic rings. The number of carbonyl (C=O) groups excluding carboxylic acids is 1. The van der Waals surface area contributed by atoms with Gasteiger partial charge in [-0.3, -0.25) is 4.79 Å². The highest BCUT2D eigenvalue weighted by atomic mass is 16.2. The van der Waals surface area contributed by atoms with E-state index in [4.69, 9.17) is 0 Å². The highest BCUT2D eigenvalue weighted by molar-refractivity contribution is 5.98. The van der Waals surface area contributed by atoms with Gasteiger partial charge in [0, 0.05) is 31.2 Å². The van der Waals surface area contributed by atoms with Crippen molar-refractivity contribution in [2.45, 2.75) is 13.8 Å². The topological polar surface area (TPSA) is 49.6 Å². The molecule has 0 atom stereocenters. The van der Waals surface area contributed by atoms with Crippen LogP contribution in [0.25, 0.3) is 5.69 Å². The fraction of sp³-hybridized carbons (Fsp3) is 0.182. The summed E-state index contributed by atoms with van der Waals surface area (Å²) in [5.41, 5.74) is 6.12. The lowest BCUT2D eigenvalue weighted by molar-refractivity contribution is 0.0955. The lowest BCUT2D eigenvalue weighted by atomic mass is 10.1. The largest absolute Gasteiger partial charge is 0.372 e. The Balaban J connectivity index is 1.68. The molecule has 0 saturated carbocycles. The minimum atomic E-state index is -0.240. The van der Waals surface area contributed by atoms with E-state index < -0.39 is 0 Å². The molecule has 138 valence electrons. The Morgan fingerprint density at radius 2 is 1.67 bits per heavy atom. The van der Waals surface area contributed by atoms with E-state index in [0.717, 1.165) is 24.3 Å². The first-order valence-electron chi connectivity index (χ1n) is 9.13. The van der Waals surface area contributed by atoms with Gasteiger partial charge in [0.1, 0.15) is 0 Å². The summed E-state index contributed by atoms with van der Waals surface area (Å²) in [5.74, 6) is -0.240. The van der Waals surface area contributed by atoms with Crippen molar-refractivity contribution in [2.75, 3.05) is 18.0 Å². The number of rotatable bonds is 7. The molecule has 0 bridgehead atoms. The molecule has 0 fully saturated rings. The molecule has 0 aliphatic rings. The molecule has 0 radical (unpaired) electrons. The predicted molar refractivity (Wildman–Crippen MR) is 111 cm³/mol. The lowest BCUT2D eigenvalue weighted by Gasteiger charge is -2.20. The number of benzene rings is 2. The molecule has 0 aliphatic carbocycles. The number of nitrogens with one attached hydrogen (secondary N) is 1. The molecule has 3 rings (SSSR count). The van der Waals surface area contributed by atoms with Crippen LogP contribution in [0.2, 0.25) is 0 Å². The standard InChI is InChI=1S/C22H24N4O/c1-3-25(4-2)19-13-11-18(12-14-19)17-23-24-22(27)20-9-5-6-10-21(20)26-15-7-8-16-26/h5-17H,3-4H2,1-2H3,(H,24,27)/b23-17-. The van der Waals surface area contributed by atoms with Crippen molar-refractivity contribution >= 4 is 17.8 Å². The monoisotopic (exact) mass is 360 g/mol. The number of amides is 1. The first-order chi connectivity index (χ1) is 13.2. The van der Waals surface area contributed by atoms with Gasteiger partial charge in [-0.05, 0) is 55.8 Å². The Bertz CT molecular complexity index is 894. The second-order valence-corrected chi connectivity index (χ2v) is 6.07. The molecule has 5 heteroatoms. The number of nitrogens with zero attached hydrogens (tertiary/aromatic N) is 3. The zero-order chi connectivity index (χ0) is 19.1. The van der Waals surface area contributed by atoms with Crippen LogP contribution in [0.3, 0.4) is 0 Å². The van der Waals surface area contributed by atoms with Crippen LogP contribution in [0, 0.1) is 0 Å². The Hall–Kier alpha value is -3.34. The zero-order valence-corrected chi connectivity index (χ0v) is 15.7. The van der Waals surface area contributed by atoms with Crippen LogP contribution >= 0.6 is 0 Å². The van der Waals surface area contributed by atoms with Crippen molar-refractivity contribution in [3.8, 4) is 5.69 Å². The van der Waals surface area contributed by atoms with Crippen molar-refractivity contribution in [2.24, 2.45) is 5.10 Å². The summed E-state index contributed by atoms with van der Waals surface area (Å²) in [4.78, 5) is 14.8. The van der Waals surface area contributed by atoms with Gasteiger partial charge in [-0.25, -0.2) is 5.43 Å². The van der Waals surface area contributed by atoms with Crippen molar-refractivity contribution < 1.29 is 4.79 Å². The third-order valence-electron chi connectivity index (χ3n) is 4.43. The van der Waals surface area contributed by atoms with Crippen molar-refractivity contribution in [3.63, 3.8) is 0 Å². The summed E-state index contributed by atoms with van der Waals surface area (Å²) >= 11 is 0. The van der Waals surface area contributed by atoms with E-state index in [0.29, 0.717) is 5.56 Å². The molecule has 1 N–H and O–H groups in total. The average Bonchev–Trinajstić information content (AvgIpc) is 3.25. The SMILES string of the molecule is CCN(CC)c1ccc(/C=N\NC(=O)c2ccccc2-n2cccc2)cc1. The highest BCUT2D eigenvalue weighted by Crippen LogP contribution is 2.15. The van der Waals surface area contributed by atoms with E-state index >= 15 is 0 Å². The van der Waals surface area contributed by atoms with E-state index in [2.05, 4.69) is 41.4 Å². The van der Waals surface area contributed by atoms with Gasteiger partial charge in [0.2, 0.25) is 0 Å². The number of anilines is 1. The van der Waals surface area contributed by atoms with Crippen LogP contribution < -0.4 is 10.3 Å². The van der Waals surface area contributed by atoms with E-state index in [1.807, 2.05) is 59.4 Å². The maximum absolute atomic E-state index is 12.5. The number of hydrogen-bond donors (Lipinski definition) is 1. The molecule has 0 saturated heterocycles. The van der Waals surface area contributed by atoms with Gasteiger partial charge in [-0.15, -0.1) is 0 Å². The first-order valence-corrected chi connectivity index (χ1v) is 9.13. The van der Waals surface area contributed by atoms with Gasteiger partial charge in [0.15, 0.2) is 0 Å². The van der Waals surface area contributed by atoms with Crippen molar-refractivity contribution in [1.82, 2.24) is 9.99 Å². The number of hydrogen-bond acceptors (Lipinski definition) is 3. The molecular formula is C22H24N4O. The minimum absolute atomic E-state index is 0.240. The van der Waals surface area contributed by atoms with Gasteiger partial charge in [0.05, 0.1) is 17.5 Å². The van der Waals surface area contributed by atoms with Gasteiger partial charge in [-0.2, -0.15) is 5.10 Å². The average molecular weight is 360 g/mol. The number of carbonyl (C=O) groups is 1. The molecule has 27 heavy (non-hydrogen) atoms. The summed E-state index contributed by atoms with van der Waals surface area (Å²) in [6, 6.07) is 19.4. The Kier molecular flexibility index (Phi) is 6.05. The molecule has 0 unspecified atom stereocenters. The fourth-order valence-corrected chi connectivity index (χ4v) is 2.97. The van der Waals surface area contributed by atoms with Gasteiger partial charge < -0.3 is 9.47 Å². The van der Waals surface area contributed by atoms with E-state index in [1.54, 1.807) is 12.3 Å². The molecule has 0 spiro atoms. The second kappa shape index (κ2) is 8.85. The molecule has 0 aliphatic heterocycles. The molecule has 1 aromatic heterocycles. The summed E-state index contributed by atoms with van der Waals surface area (Å²) in [6.07, 6.45) is 5.47. The molecule has 5 nitrogen and oxygen atoms in total. The van der Waals surface area contributed by atoms with E-state index in [9.17, 15) is 4.79 Å². The van der Waals surface area contributed by atoms with Gasteiger partial charge >= 0.3 is 0 Å². The normalized spacial score (nSPS) is 10.9. The Morgan fingerprint density at radius 3 is 2.33 bits per heavy atom. The van der Waals surface area contributed by atoms with E-state index in [1.165, 1.54) is 5.69 Å². The zero-order valence-electron chi connectivity index (χ0n) is 15.7. The predicted octanol–water partition coefficient (Wildman–Crippen LogP) is 4.09. The lowest BCUT2D eigenvalue weighted by Crippen LogP contribution is -2.21. The summed E-state index contributed by atoms with van der Waals surface area (Å²) < 4.78 is 1.91. The van der Waals surface area contributed by atoms with Crippen LogP contribution in [0.1, 0.15) is 29.8 Å². The Labute approximate surface area is 159 Å². The second-order valence-electron chi connectivity index (χ2n) is 6.07. The van der Waals surface area contributed by atoms with Gasteiger partial charge in [0.25, 0.3) is 5.91 Å². The van der Waals surface area contributed by atoms with Crippen molar-refractivity contribution in [1.29, 1.82) is 0 Å². The van der Waals surface area contributed by atoms with Crippen LogP contribution in [0.4, 0.5) is 5.69 Å². The summed E-state index contributed by atoms with van der Waals surface area (Å²) in [5, 5.41) is 4.11. The number of aromatic nitrogens is 1. The minimum Gasteiger partial charge on any atom is -0.372 e. The number of hydrazone groups is 1. The van der Waals surface area contributed by atoms with Gasteiger partial charge in [-0.1, -0.05) is 24.3 Å². The van der Waals surface area contributed by atoms with Crippen LogP contribution in [-0.4, -0.2) is 29.8 Å². The molecule has 2 aromatic carbocycles. The van der Waals surface area contributed by atoms with E-state index in [-0.39, 0.29) is 5.91 Å². The maximum Gasteiger partial charge on any atom is 0.273 e. The Morgan fingerprint density at radius 1 is 1.00 bits per heavy atom. The highest BCUT2D eigenvalue weighted by Gasteiger charge is 2.10. The summed E-state index contributed by atoms with van der Waals surface area (Å²) in [7, 11) is 0. The molecular weight excluding hydrogens is 336 g/mol. The molecule has 1 heterocycles. The third kappa shape index (κ3) is 4.44. The van der Waals surface area contributed by atoms with Crippen LogP contribution in [0.15, 0.2) is 78.2 Å². The van der Waals surface area contributed by atoms with Crippen LogP contribution in [0.5, 0.6) is 0 Å². The number of para-hydroxylation sites is 1. The molecule has 1 amide bonds. The first kappa shape index (κ1) is 18.5. The third-order valence-corrected chi connectivity index (χ3v) is 4.43. The fourth-order valence-electron chi connectivity index (χ4n) is 2.97. The van der Waals surface area contributed by atoms with Crippen LogP contribution in [-0.2, 0) is 0 Å². The quantitative estimate of drug-likeness (QED) is 0.510.